The number of anilines is 1. The third-order valence-electron chi connectivity index (χ3n) is 3.79. The highest BCUT2D eigenvalue weighted by Gasteiger charge is 2.25. The Bertz CT molecular complexity index is 757. The van der Waals surface area contributed by atoms with E-state index in [1.54, 1.807) is 29.3 Å². The van der Waals surface area contributed by atoms with Crippen molar-refractivity contribution in [1.82, 2.24) is 5.01 Å². The highest BCUT2D eigenvalue weighted by Crippen LogP contribution is 2.21. The van der Waals surface area contributed by atoms with Crippen LogP contribution in [0.2, 0.25) is 10.0 Å². The molecular formula is C18H17Cl2N3O. The molecule has 0 fully saturated rings. The summed E-state index contributed by atoms with van der Waals surface area (Å²) in [5.41, 5.74) is 2.73. The molecule has 1 N–H and O–H groups in total. The highest BCUT2D eigenvalue weighted by molar-refractivity contribution is 6.31. The molecule has 0 bridgehead atoms. The van der Waals surface area contributed by atoms with Crippen LogP contribution in [0.25, 0.3) is 0 Å². The van der Waals surface area contributed by atoms with E-state index in [0.29, 0.717) is 16.6 Å². The Labute approximate surface area is 151 Å². The number of hydrogen-bond donors (Lipinski definition) is 1. The highest BCUT2D eigenvalue weighted by atomic mass is 35.5. The minimum atomic E-state index is -0.106. The van der Waals surface area contributed by atoms with E-state index < -0.39 is 0 Å². The monoisotopic (exact) mass is 361 g/mol. The molecule has 0 spiro atoms. The van der Waals surface area contributed by atoms with Crippen molar-refractivity contribution >= 4 is 40.5 Å². The van der Waals surface area contributed by atoms with Gasteiger partial charge in [0.15, 0.2) is 0 Å². The Morgan fingerprint density at radius 3 is 2.33 bits per heavy atom. The number of hydrogen-bond acceptors (Lipinski definition) is 3. The van der Waals surface area contributed by atoms with Crippen molar-refractivity contribution in [3.8, 4) is 0 Å². The van der Waals surface area contributed by atoms with E-state index in [4.69, 9.17) is 23.2 Å². The summed E-state index contributed by atoms with van der Waals surface area (Å²) in [6.07, 6.45) is 0. The van der Waals surface area contributed by atoms with Gasteiger partial charge in [0.05, 0.1) is 5.71 Å². The zero-order valence-electron chi connectivity index (χ0n) is 13.2. The summed E-state index contributed by atoms with van der Waals surface area (Å²) >= 11 is 11.8. The molecule has 0 aliphatic carbocycles. The number of hydrazone groups is 1. The third kappa shape index (κ3) is 4.08. The number of carbonyl (C=O) groups excluding carboxylic acids is 1. The fourth-order valence-electron chi connectivity index (χ4n) is 2.66. The number of rotatable bonds is 4. The summed E-state index contributed by atoms with van der Waals surface area (Å²) in [5.74, 6) is 0.153. The molecule has 0 aromatic heterocycles. The maximum absolute atomic E-state index is 12.2. The molecule has 1 atom stereocenters. The number of carbonyl (C=O) groups is 1. The molecule has 1 aliphatic heterocycles. The van der Waals surface area contributed by atoms with Gasteiger partial charge in [0.25, 0.3) is 0 Å². The predicted octanol–water partition coefficient (Wildman–Crippen LogP) is 4.29. The van der Waals surface area contributed by atoms with Crippen LogP contribution in [-0.4, -0.2) is 29.7 Å². The van der Waals surface area contributed by atoms with Gasteiger partial charge in [-0.05, 0) is 42.0 Å². The lowest BCUT2D eigenvalue weighted by Gasteiger charge is -2.14. The molecule has 0 saturated carbocycles. The molecule has 1 amide bonds. The summed E-state index contributed by atoms with van der Waals surface area (Å²) in [4.78, 5) is 12.2. The van der Waals surface area contributed by atoms with Crippen molar-refractivity contribution in [1.29, 1.82) is 0 Å². The van der Waals surface area contributed by atoms with Crippen molar-refractivity contribution in [3.05, 3.63) is 64.1 Å². The van der Waals surface area contributed by atoms with Crippen molar-refractivity contribution in [3.63, 3.8) is 0 Å². The van der Waals surface area contributed by atoms with Crippen molar-refractivity contribution in [2.45, 2.75) is 6.92 Å². The van der Waals surface area contributed by atoms with Gasteiger partial charge < -0.3 is 5.32 Å². The van der Waals surface area contributed by atoms with E-state index in [1.807, 2.05) is 24.3 Å². The summed E-state index contributed by atoms with van der Waals surface area (Å²) in [5, 5.41) is 10.6. The van der Waals surface area contributed by atoms with E-state index in [-0.39, 0.29) is 18.4 Å². The number of nitrogens with one attached hydrogen (secondary N) is 1. The van der Waals surface area contributed by atoms with Gasteiger partial charge >= 0.3 is 0 Å². The molecule has 2 aromatic carbocycles. The number of amides is 1. The summed E-state index contributed by atoms with van der Waals surface area (Å²) in [6.45, 7) is 3.03. The largest absolute Gasteiger partial charge is 0.324 e. The third-order valence-corrected chi connectivity index (χ3v) is 4.30. The van der Waals surface area contributed by atoms with E-state index in [2.05, 4.69) is 17.3 Å². The van der Waals surface area contributed by atoms with Crippen LogP contribution in [0.15, 0.2) is 53.6 Å². The van der Waals surface area contributed by atoms with Crippen LogP contribution in [-0.2, 0) is 4.79 Å². The first-order valence-corrected chi connectivity index (χ1v) is 8.41. The van der Waals surface area contributed by atoms with E-state index in [1.165, 1.54) is 0 Å². The first-order chi connectivity index (χ1) is 11.5. The van der Waals surface area contributed by atoms with Crippen LogP contribution in [0, 0.1) is 5.92 Å². The van der Waals surface area contributed by atoms with Gasteiger partial charge in [0.1, 0.15) is 6.54 Å². The van der Waals surface area contributed by atoms with Gasteiger partial charge in [-0.25, -0.2) is 0 Å². The van der Waals surface area contributed by atoms with Crippen LogP contribution in [0.1, 0.15) is 12.5 Å². The Morgan fingerprint density at radius 2 is 1.71 bits per heavy atom. The molecular weight excluding hydrogens is 345 g/mol. The molecule has 1 aliphatic rings. The normalized spacial score (nSPS) is 16.9. The quantitative estimate of drug-likeness (QED) is 0.882. The standard InChI is InChI=1S/C18H17Cl2N3O/c1-12-10-23(22-18(12)13-2-4-14(19)5-3-13)11-17(24)21-16-8-6-15(20)7-9-16/h2-9,12H,10-11H2,1H3,(H,21,24). The molecule has 4 nitrogen and oxygen atoms in total. The topological polar surface area (TPSA) is 44.7 Å². The molecule has 2 aromatic rings. The average Bonchev–Trinajstić information content (AvgIpc) is 2.90. The second-order valence-electron chi connectivity index (χ2n) is 5.80. The Balaban J connectivity index is 1.64. The molecule has 0 saturated heterocycles. The second kappa shape index (κ2) is 7.24. The zero-order chi connectivity index (χ0) is 17.1. The fraction of sp³-hybridized carbons (Fsp3) is 0.222. The average molecular weight is 362 g/mol. The van der Waals surface area contributed by atoms with Gasteiger partial charge in [0.2, 0.25) is 5.91 Å². The fourth-order valence-corrected chi connectivity index (χ4v) is 2.91. The molecule has 1 heterocycles. The van der Waals surface area contributed by atoms with Crippen LogP contribution in [0.5, 0.6) is 0 Å². The lowest BCUT2D eigenvalue weighted by Crippen LogP contribution is -2.29. The zero-order valence-corrected chi connectivity index (χ0v) is 14.7. The molecule has 3 rings (SSSR count). The van der Waals surface area contributed by atoms with Gasteiger partial charge in [-0.15, -0.1) is 0 Å². The Morgan fingerprint density at radius 1 is 1.12 bits per heavy atom. The molecule has 124 valence electrons. The number of halogens is 2. The molecule has 24 heavy (non-hydrogen) atoms. The van der Waals surface area contributed by atoms with Crippen LogP contribution < -0.4 is 5.32 Å². The van der Waals surface area contributed by atoms with Crippen LogP contribution in [0.3, 0.4) is 0 Å². The Hall–Kier alpha value is -2.04. The lowest BCUT2D eigenvalue weighted by atomic mass is 10.00. The van der Waals surface area contributed by atoms with Crippen LogP contribution in [0.4, 0.5) is 5.69 Å². The summed E-state index contributed by atoms with van der Waals surface area (Å²) in [6, 6.07) is 14.6. The van der Waals surface area contributed by atoms with Crippen LogP contribution >= 0.6 is 23.2 Å². The smallest absolute Gasteiger partial charge is 0.245 e. The minimum Gasteiger partial charge on any atom is -0.324 e. The van der Waals surface area contributed by atoms with Crippen molar-refractivity contribution < 1.29 is 4.79 Å². The minimum absolute atomic E-state index is 0.106. The van der Waals surface area contributed by atoms with E-state index in [9.17, 15) is 4.79 Å². The molecule has 0 radical (unpaired) electrons. The first-order valence-electron chi connectivity index (χ1n) is 7.66. The van der Waals surface area contributed by atoms with Gasteiger partial charge in [-0.1, -0.05) is 42.3 Å². The van der Waals surface area contributed by atoms with Crippen molar-refractivity contribution in [2.75, 3.05) is 18.4 Å². The number of nitrogens with zero attached hydrogens (tertiary/aromatic N) is 2. The maximum Gasteiger partial charge on any atom is 0.245 e. The number of benzene rings is 2. The Kier molecular flexibility index (Phi) is 5.07. The lowest BCUT2D eigenvalue weighted by molar-refractivity contribution is -0.117. The second-order valence-corrected chi connectivity index (χ2v) is 6.67. The summed E-state index contributed by atoms with van der Waals surface area (Å²) in [7, 11) is 0. The first kappa shape index (κ1) is 16.8. The molecule has 6 heteroatoms. The van der Waals surface area contributed by atoms with E-state index in [0.717, 1.165) is 17.0 Å². The predicted molar refractivity (Wildman–Crippen MR) is 98.8 cm³/mol. The van der Waals surface area contributed by atoms with Crippen molar-refractivity contribution in [2.24, 2.45) is 11.0 Å². The van der Waals surface area contributed by atoms with Gasteiger partial charge in [-0.2, -0.15) is 5.10 Å². The van der Waals surface area contributed by atoms with Gasteiger partial charge in [0, 0.05) is 28.2 Å². The van der Waals surface area contributed by atoms with E-state index >= 15 is 0 Å². The van der Waals surface area contributed by atoms with Gasteiger partial charge in [-0.3, -0.25) is 9.80 Å². The maximum atomic E-state index is 12.2. The molecule has 1 unspecified atom stereocenters. The SMILES string of the molecule is CC1CN(CC(=O)Nc2ccc(Cl)cc2)N=C1c1ccc(Cl)cc1. The summed E-state index contributed by atoms with van der Waals surface area (Å²) < 4.78 is 0.